The maximum atomic E-state index is 13.6. The van der Waals surface area contributed by atoms with Crippen LogP contribution in [0.25, 0.3) is 0 Å². The molecule has 0 amide bonds. The van der Waals surface area contributed by atoms with Gasteiger partial charge >= 0.3 is 0 Å². The smallest absolute Gasteiger partial charge is 0.173 e. The Balaban J connectivity index is 3.44. The molecule has 1 rings (SSSR count). The van der Waals surface area contributed by atoms with E-state index in [2.05, 4.69) is 0 Å². The number of rotatable bonds is 3. The molecule has 1 aromatic rings. The van der Waals surface area contributed by atoms with Crippen LogP contribution in [0, 0.1) is 11.6 Å². The van der Waals surface area contributed by atoms with Crippen LogP contribution in [0.1, 0.15) is 30.9 Å². The Morgan fingerprint density at radius 2 is 2.00 bits per heavy atom. The van der Waals surface area contributed by atoms with Crippen LogP contribution in [0.2, 0.25) is 0 Å². The summed E-state index contributed by atoms with van der Waals surface area (Å²) in [7, 11) is 1.32. The Morgan fingerprint density at radius 1 is 1.40 bits per heavy atom. The molecule has 0 aliphatic heterocycles. The molecule has 84 valence electrons. The van der Waals surface area contributed by atoms with Crippen LogP contribution < -0.4 is 4.74 Å². The molecule has 0 saturated carbocycles. The Morgan fingerprint density at radius 3 is 2.40 bits per heavy atom. The van der Waals surface area contributed by atoms with Crippen molar-refractivity contribution >= 4 is 0 Å². The van der Waals surface area contributed by atoms with Crippen molar-refractivity contribution in [2.24, 2.45) is 0 Å². The predicted molar refractivity (Wildman–Crippen MR) is 52.9 cm³/mol. The van der Waals surface area contributed by atoms with E-state index in [1.165, 1.54) is 13.2 Å². The van der Waals surface area contributed by atoms with Gasteiger partial charge in [-0.3, -0.25) is 0 Å². The van der Waals surface area contributed by atoms with Gasteiger partial charge in [0.05, 0.1) is 19.3 Å². The van der Waals surface area contributed by atoms with E-state index < -0.39 is 18.2 Å². The van der Waals surface area contributed by atoms with Crippen LogP contribution in [0.4, 0.5) is 8.78 Å². The summed E-state index contributed by atoms with van der Waals surface area (Å²) in [5.74, 6) is -1.59. The van der Waals surface area contributed by atoms with Crippen molar-refractivity contribution in [3.8, 4) is 5.75 Å². The first kappa shape index (κ1) is 11.9. The van der Waals surface area contributed by atoms with Crippen molar-refractivity contribution in [2.45, 2.75) is 26.4 Å². The molecule has 0 heterocycles. The second-order valence-corrected chi connectivity index (χ2v) is 3.59. The third-order valence-electron chi connectivity index (χ3n) is 2.28. The van der Waals surface area contributed by atoms with Gasteiger partial charge in [-0.2, -0.15) is 0 Å². The molecule has 0 atom stereocenters. The molecule has 0 spiro atoms. The van der Waals surface area contributed by atoms with Crippen molar-refractivity contribution in [3.05, 3.63) is 28.8 Å². The van der Waals surface area contributed by atoms with E-state index in [0.29, 0.717) is 5.56 Å². The number of hydrogen-bond acceptors (Lipinski definition) is 2. The summed E-state index contributed by atoms with van der Waals surface area (Å²) < 4.78 is 31.8. The van der Waals surface area contributed by atoms with Crippen molar-refractivity contribution in [3.63, 3.8) is 0 Å². The lowest BCUT2D eigenvalue weighted by Crippen LogP contribution is -2.04. The van der Waals surface area contributed by atoms with Gasteiger partial charge in [0.1, 0.15) is 5.82 Å². The summed E-state index contributed by atoms with van der Waals surface area (Å²) in [6, 6.07) is 1.21. The minimum Gasteiger partial charge on any atom is -0.493 e. The van der Waals surface area contributed by atoms with E-state index >= 15 is 0 Å². The fourth-order valence-electron chi connectivity index (χ4n) is 1.44. The van der Waals surface area contributed by atoms with Crippen LogP contribution >= 0.6 is 0 Å². The molecule has 1 N–H and O–H groups in total. The first-order valence-corrected chi connectivity index (χ1v) is 4.68. The van der Waals surface area contributed by atoms with Gasteiger partial charge in [0, 0.05) is 5.56 Å². The van der Waals surface area contributed by atoms with Gasteiger partial charge < -0.3 is 9.84 Å². The van der Waals surface area contributed by atoms with Crippen LogP contribution in [-0.2, 0) is 6.61 Å². The molecule has 0 aliphatic rings. The standard InChI is InChI=1S/C11H14F2O2/c1-6(2)7-4-9(12)8(5-14)10(13)11(7)15-3/h4,6,14H,5H2,1-3H3. The van der Waals surface area contributed by atoms with Crippen LogP contribution in [0.5, 0.6) is 5.75 Å². The Kier molecular flexibility index (Phi) is 3.63. The van der Waals surface area contributed by atoms with Gasteiger partial charge in [-0.05, 0) is 12.0 Å². The van der Waals surface area contributed by atoms with Gasteiger partial charge in [-0.25, -0.2) is 8.78 Å². The fourth-order valence-corrected chi connectivity index (χ4v) is 1.44. The van der Waals surface area contributed by atoms with Crippen molar-refractivity contribution in [1.29, 1.82) is 0 Å². The number of ether oxygens (including phenoxy) is 1. The van der Waals surface area contributed by atoms with E-state index in [1.807, 2.05) is 13.8 Å². The number of halogens is 2. The number of hydrogen-bond donors (Lipinski definition) is 1. The number of benzene rings is 1. The molecule has 0 saturated heterocycles. The van der Waals surface area contributed by atoms with E-state index in [-0.39, 0.29) is 17.2 Å². The second kappa shape index (κ2) is 4.57. The molecule has 0 aliphatic carbocycles. The molecule has 2 nitrogen and oxygen atoms in total. The lowest BCUT2D eigenvalue weighted by Gasteiger charge is -2.15. The van der Waals surface area contributed by atoms with Crippen molar-refractivity contribution in [2.75, 3.05) is 7.11 Å². The molecular formula is C11H14F2O2. The lowest BCUT2D eigenvalue weighted by molar-refractivity contribution is 0.264. The summed E-state index contributed by atoms with van der Waals surface area (Å²) >= 11 is 0. The Labute approximate surface area is 87.5 Å². The van der Waals surface area contributed by atoms with Crippen LogP contribution in [0.3, 0.4) is 0 Å². The summed E-state index contributed by atoms with van der Waals surface area (Å²) in [5, 5.41) is 8.81. The van der Waals surface area contributed by atoms with E-state index in [4.69, 9.17) is 9.84 Å². The zero-order valence-electron chi connectivity index (χ0n) is 8.97. The maximum absolute atomic E-state index is 13.6. The quantitative estimate of drug-likeness (QED) is 0.841. The minimum absolute atomic E-state index is 0.00968. The minimum atomic E-state index is -0.816. The summed E-state index contributed by atoms with van der Waals surface area (Å²) in [6.07, 6.45) is 0. The second-order valence-electron chi connectivity index (χ2n) is 3.59. The third kappa shape index (κ3) is 2.09. The number of aliphatic hydroxyl groups is 1. The van der Waals surface area contributed by atoms with Crippen LogP contribution in [0.15, 0.2) is 6.07 Å². The van der Waals surface area contributed by atoms with Gasteiger partial charge in [0.2, 0.25) is 0 Å². The van der Waals surface area contributed by atoms with E-state index in [9.17, 15) is 8.78 Å². The highest BCUT2D eigenvalue weighted by molar-refractivity contribution is 5.41. The highest BCUT2D eigenvalue weighted by Gasteiger charge is 2.20. The molecule has 0 fully saturated rings. The molecule has 0 unspecified atom stereocenters. The molecule has 1 aromatic carbocycles. The SMILES string of the molecule is COc1c(C(C)C)cc(F)c(CO)c1F. The van der Waals surface area contributed by atoms with Gasteiger partial charge in [-0.15, -0.1) is 0 Å². The van der Waals surface area contributed by atoms with Crippen LogP contribution in [-0.4, -0.2) is 12.2 Å². The Hall–Kier alpha value is -1.16. The average Bonchev–Trinajstić information content (AvgIpc) is 2.17. The van der Waals surface area contributed by atoms with E-state index in [1.54, 1.807) is 0 Å². The monoisotopic (exact) mass is 216 g/mol. The van der Waals surface area contributed by atoms with Gasteiger partial charge in [-0.1, -0.05) is 13.8 Å². The maximum Gasteiger partial charge on any atom is 0.173 e. The number of aliphatic hydroxyl groups excluding tert-OH is 1. The zero-order chi connectivity index (χ0) is 11.6. The summed E-state index contributed by atoms with van der Waals surface area (Å²) in [4.78, 5) is 0. The van der Waals surface area contributed by atoms with Crippen molar-refractivity contribution < 1.29 is 18.6 Å². The largest absolute Gasteiger partial charge is 0.493 e. The van der Waals surface area contributed by atoms with Gasteiger partial charge in [0.25, 0.3) is 0 Å². The van der Waals surface area contributed by atoms with Gasteiger partial charge in [0.15, 0.2) is 11.6 Å². The topological polar surface area (TPSA) is 29.5 Å². The highest BCUT2D eigenvalue weighted by Crippen LogP contribution is 2.32. The normalized spacial score (nSPS) is 10.9. The van der Waals surface area contributed by atoms with E-state index in [0.717, 1.165) is 0 Å². The molecule has 0 aromatic heterocycles. The molecule has 0 bridgehead atoms. The lowest BCUT2D eigenvalue weighted by atomic mass is 9.99. The highest BCUT2D eigenvalue weighted by atomic mass is 19.1. The average molecular weight is 216 g/mol. The third-order valence-corrected chi connectivity index (χ3v) is 2.28. The predicted octanol–water partition coefficient (Wildman–Crippen LogP) is 2.59. The molecular weight excluding hydrogens is 202 g/mol. The fraction of sp³-hybridized carbons (Fsp3) is 0.455. The molecule has 0 radical (unpaired) electrons. The summed E-state index contributed by atoms with van der Waals surface area (Å²) in [6.45, 7) is 2.96. The first-order chi connectivity index (χ1) is 7.02. The Bertz CT molecular complexity index is 362. The summed E-state index contributed by atoms with van der Waals surface area (Å²) in [5.41, 5.74) is 0.112. The number of methoxy groups -OCH3 is 1. The zero-order valence-corrected chi connectivity index (χ0v) is 8.97. The molecule has 4 heteroatoms. The first-order valence-electron chi connectivity index (χ1n) is 4.68. The molecule has 15 heavy (non-hydrogen) atoms. The van der Waals surface area contributed by atoms with Crippen molar-refractivity contribution in [1.82, 2.24) is 0 Å².